The minimum absolute atomic E-state index is 0.0112. The van der Waals surface area contributed by atoms with Gasteiger partial charge in [-0.15, -0.1) is 0 Å². The molecule has 0 spiro atoms. The summed E-state index contributed by atoms with van der Waals surface area (Å²) < 4.78 is 7.35. The molecular weight excluding hydrogens is 501 g/mol. The first-order valence-corrected chi connectivity index (χ1v) is 12.9. The maximum atomic E-state index is 11.6. The highest BCUT2D eigenvalue weighted by Crippen LogP contribution is 2.35. The minimum Gasteiger partial charge on any atom is -0.491 e. The number of anilines is 1. The minimum atomic E-state index is -1.51. The van der Waals surface area contributed by atoms with Crippen molar-refractivity contribution in [1.29, 1.82) is 0 Å². The maximum Gasteiger partial charge on any atom is 0.137 e. The predicted octanol–water partition coefficient (Wildman–Crippen LogP) is 3.83. The smallest absolute Gasteiger partial charge is 0.137 e. The zero-order chi connectivity index (χ0) is 25.7. The van der Waals surface area contributed by atoms with Gasteiger partial charge in [-0.2, -0.15) is 5.10 Å². The highest BCUT2D eigenvalue weighted by Gasteiger charge is 2.35. The largest absolute Gasteiger partial charge is 0.491 e. The summed E-state index contributed by atoms with van der Waals surface area (Å²) in [5, 5.41) is 27.2. The van der Waals surface area contributed by atoms with E-state index in [1.807, 2.05) is 24.3 Å². The third kappa shape index (κ3) is 6.69. The molecule has 0 unspecified atom stereocenters. The van der Waals surface area contributed by atoms with Crippen LogP contribution in [0.25, 0.3) is 0 Å². The van der Waals surface area contributed by atoms with Crippen LogP contribution in [-0.2, 0) is 12.1 Å². The van der Waals surface area contributed by atoms with Gasteiger partial charge in [0, 0.05) is 59.9 Å². The Balaban J connectivity index is 1.37. The zero-order valence-electron chi connectivity index (χ0n) is 20.6. The quantitative estimate of drug-likeness (QED) is 0.409. The zero-order valence-corrected chi connectivity index (χ0v) is 22.1. The summed E-state index contributed by atoms with van der Waals surface area (Å²) in [6.45, 7) is 8.63. The molecule has 1 aliphatic rings. The Kier molecular flexibility index (Phi) is 8.74. The van der Waals surface area contributed by atoms with Crippen LogP contribution in [0.15, 0.2) is 55.1 Å². The lowest BCUT2D eigenvalue weighted by molar-refractivity contribution is -0.0410. The van der Waals surface area contributed by atoms with E-state index in [9.17, 15) is 10.2 Å². The van der Waals surface area contributed by atoms with Crippen LogP contribution in [0.2, 0.25) is 10.0 Å². The molecule has 2 atom stereocenters. The molecule has 1 saturated heterocycles. The molecule has 4 rings (SSSR count). The van der Waals surface area contributed by atoms with Gasteiger partial charge in [-0.05, 0) is 50.2 Å². The van der Waals surface area contributed by atoms with Crippen LogP contribution in [0.3, 0.4) is 0 Å². The summed E-state index contributed by atoms with van der Waals surface area (Å²) in [6, 6.07) is 13.4. The van der Waals surface area contributed by atoms with Gasteiger partial charge in [0.25, 0.3) is 0 Å². The van der Waals surface area contributed by atoms with Crippen LogP contribution >= 0.6 is 23.2 Å². The van der Waals surface area contributed by atoms with E-state index < -0.39 is 11.7 Å². The van der Waals surface area contributed by atoms with Crippen LogP contribution in [0.4, 0.5) is 5.69 Å². The highest BCUT2D eigenvalue weighted by molar-refractivity contribution is 6.35. The average Bonchev–Trinajstić information content (AvgIpc) is 3.35. The van der Waals surface area contributed by atoms with Gasteiger partial charge in [-0.25, -0.2) is 9.67 Å². The summed E-state index contributed by atoms with van der Waals surface area (Å²) in [5.41, 5.74) is 0.0936. The van der Waals surface area contributed by atoms with Crippen molar-refractivity contribution in [3.8, 4) is 5.75 Å². The number of halogens is 2. The molecule has 2 N–H and O–H groups in total. The Morgan fingerprint density at radius 3 is 2.39 bits per heavy atom. The number of piperazine rings is 1. The van der Waals surface area contributed by atoms with Crippen molar-refractivity contribution in [2.45, 2.75) is 44.6 Å². The molecule has 1 aromatic heterocycles. The van der Waals surface area contributed by atoms with E-state index in [1.165, 1.54) is 17.3 Å². The molecule has 0 aliphatic carbocycles. The molecule has 1 aliphatic heterocycles. The van der Waals surface area contributed by atoms with E-state index in [1.54, 1.807) is 18.2 Å². The van der Waals surface area contributed by atoms with Crippen LogP contribution in [-0.4, -0.2) is 74.8 Å². The number of rotatable bonds is 10. The van der Waals surface area contributed by atoms with Crippen LogP contribution in [0.5, 0.6) is 5.75 Å². The Labute approximate surface area is 222 Å². The van der Waals surface area contributed by atoms with Gasteiger partial charge in [0.15, 0.2) is 0 Å². The molecule has 8 nitrogen and oxygen atoms in total. The molecule has 36 heavy (non-hydrogen) atoms. The fourth-order valence-electron chi connectivity index (χ4n) is 4.60. The van der Waals surface area contributed by atoms with E-state index in [0.29, 0.717) is 27.4 Å². The number of hydrogen-bond donors (Lipinski definition) is 2. The third-order valence-electron chi connectivity index (χ3n) is 6.58. The summed E-state index contributed by atoms with van der Waals surface area (Å²) in [5.74, 6) is 0.656. The Bertz CT molecular complexity index is 1110. The van der Waals surface area contributed by atoms with Gasteiger partial charge in [-0.3, -0.25) is 4.90 Å². The van der Waals surface area contributed by atoms with Crippen molar-refractivity contribution in [1.82, 2.24) is 19.7 Å². The molecule has 0 saturated carbocycles. The lowest BCUT2D eigenvalue weighted by atomic mass is 9.88. The van der Waals surface area contributed by atoms with E-state index >= 15 is 0 Å². The lowest BCUT2D eigenvalue weighted by Crippen LogP contribution is -2.48. The molecule has 194 valence electrons. The van der Waals surface area contributed by atoms with Gasteiger partial charge >= 0.3 is 0 Å². The Morgan fingerprint density at radius 1 is 1.06 bits per heavy atom. The molecular formula is C26H33Cl2N5O3. The summed E-state index contributed by atoms with van der Waals surface area (Å²) in [7, 11) is 0. The standard InChI is InChI=1S/C26H33Cl2N5O3/c1-19(2)31-9-11-32(12-10-31)21-4-6-23(7-5-21)36-15-22(34)14-26(35,16-33-18-29-17-30-33)24-8-3-20(27)13-25(24)28/h3-8,13,17-19,22,34-35H,9-12,14-16H2,1-2H3/t22-,26+/m0/s1. The molecule has 2 heterocycles. The Morgan fingerprint density at radius 2 is 1.78 bits per heavy atom. The molecule has 0 bridgehead atoms. The maximum absolute atomic E-state index is 11.6. The SMILES string of the molecule is CC(C)N1CCN(c2ccc(OC[C@@H](O)C[C@@](O)(Cn3cncn3)c3ccc(Cl)cc3Cl)cc2)CC1. The molecule has 3 aromatic rings. The van der Waals surface area contributed by atoms with Gasteiger partial charge in [0.05, 0.1) is 12.6 Å². The van der Waals surface area contributed by atoms with Gasteiger partial charge in [-0.1, -0.05) is 29.3 Å². The third-order valence-corrected chi connectivity index (χ3v) is 7.13. The summed E-state index contributed by atoms with van der Waals surface area (Å²) >= 11 is 12.4. The van der Waals surface area contributed by atoms with Gasteiger partial charge in [0.2, 0.25) is 0 Å². The van der Waals surface area contributed by atoms with Crippen molar-refractivity contribution in [2.75, 3.05) is 37.7 Å². The van der Waals surface area contributed by atoms with Crippen LogP contribution in [0.1, 0.15) is 25.8 Å². The first kappa shape index (κ1) is 26.7. The van der Waals surface area contributed by atoms with Gasteiger partial charge in [0.1, 0.15) is 30.6 Å². The average molecular weight is 534 g/mol. The van der Waals surface area contributed by atoms with E-state index in [2.05, 4.69) is 33.7 Å². The fourth-order valence-corrected chi connectivity index (χ4v) is 5.18. The van der Waals surface area contributed by atoms with Gasteiger partial charge < -0.3 is 19.8 Å². The lowest BCUT2D eigenvalue weighted by Gasteiger charge is -2.38. The molecule has 10 heteroatoms. The van der Waals surface area contributed by atoms with Crippen molar-refractivity contribution in [2.24, 2.45) is 0 Å². The summed E-state index contributed by atoms with van der Waals surface area (Å²) in [4.78, 5) is 8.79. The number of ether oxygens (including phenoxy) is 1. The second-order valence-corrected chi connectivity index (χ2v) is 10.4. The normalized spacial score (nSPS) is 17.2. The number of aromatic nitrogens is 3. The second kappa shape index (κ2) is 11.8. The molecule has 0 radical (unpaired) electrons. The van der Waals surface area contributed by atoms with Crippen molar-refractivity contribution >= 4 is 28.9 Å². The fraction of sp³-hybridized carbons (Fsp3) is 0.462. The number of nitrogens with zero attached hydrogens (tertiary/aromatic N) is 5. The molecule has 1 fully saturated rings. The van der Waals surface area contributed by atoms with Crippen molar-refractivity contribution in [3.05, 3.63) is 70.7 Å². The van der Waals surface area contributed by atoms with Crippen molar-refractivity contribution < 1.29 is 14.9 Å². The highest BCUT2D eigenvalue weighted by atomic mass is 35.5. The molecule has 0 amide bonds. The Hall–Kier alpha value is -2.36. The second-order valence-electron chi connectivity index (χ2n) is 9.53. The number of aliphatic hydroxyl groups excluding tert-OH is 1. The van der Waals surface area contributed by atoms with E-state index in [4.69, 9.17) is 27.9 Å². The van der Waals surface area contributed by atoms with Crippen LogP contribution < -0.4 is 9.64 Å². The van der Waals surface area contributed by atoms with E-state index in [-0.39, 0.29) is 19.6 Å². The predicted molar refractivity (Wildman–Crippen MR) is 142 cm³/mol. The first-order chi connectivity index (χ1) is 17.2. The van der Waals surface area contributed by atoms with E-state index in [0.717, 1.165) is 31.9 Å². The summed E-state index contributed by atoms with van der Waals surface area (Å²) in [6.07, 6.45) is 1.90. The number of hydrogen-bond acceptors (Lipinski definition) is 7. The van der Waals surface area contributed by atoms with Crippen LogP contribution in [0, 0.1) is 0 Å². The molecule has 2 aromatic carbocycles. The number of aliphatic hydroxyl groups is 2. The monoisotopic (exact) mass is 533 g/mol. The first-order valence-electron chi connectivity index (χ1n) is 12.1. The van der Waals surface area contributed by atoms with Crippen molar-refractivity contribution in [3.63, 3.8) is 0 Å². The number of benzene rings is 2. The topological polar surface area (TPSA) is 86.9 Å².